The van der Waals surface area contributed by atoms with Crippen LogP contribution in [-0.2, 0) is 9.59 Å². The molecule has 0 radical (unpaired) electrons. The molecule has 0 saturated carbocycles. The Morgan fingerprint density at radius 1 is 1.42 bits per heavy atom. The van der Waals surface area contributed by atoms with Crippen molar-refractivity contribution in [1.82, 2.24) is 15.5 Å². The maximum atomic E-state index is 11.9. The Hall–Kier alpha value is -1.79. The predicted molar refractivity (Wildman–Crippen MR) is 68.6 cm³/mol. The summed E-state index contributed by atoms with van der Waals surface area (Å²) >= 11 is 0. The van der Waals surface area contributed by atoms with Crippen molar-refractivity contribution in [2.24, 2.45) is 11.8 Å². The molecule has 1 aliphatic rings. The van der Waals surface area contributed by atoms with Crippen molar-refractivity contribution in [3.63, 3.8) is 0 Å². The van der Waals surface area contributed by atoms with Crippen molar-refractivity contribution in [2.45, 2.75) is 20.3 Å². The molecule has 1 unspecified atom stereocenters. The summed E-state index contributed by atoms with van der Waals surface area (Å²) in [5, 5.41) is 14.3. The van der Waals surface area contributed by atoms with Gasteiger partial charge in [0.05, 0.1) is 5.92 Å². The first kappa shape index (κ1) is 15.3. The van der Waals surface area contributed by atoms with Crippen LogP contribution in [0.1, 0.15) is 20.3 Å². The van der Waals surface area contributed by atoms with E-state index in [4.69, 9.17) is 5.11 Å². The second kappa shape index (κ2) is 6.96. The van der Waals surface area contributed by atoms with Gasteiger partial charge in [-0.05, 0) is 5.92 Å². The molecule has 1 saturated heterocycles. The van der Waals surface area contributed by atoms with Gasteiger partial charge in [0.15, 0.2) is 0 Å². The number of carbonyl (C=O) groups excluding carboxylic acids is 2. The van der Waals surface area contributed by atoms with Gasteiger partial charge >= 0.3 is 12.0 Å². The number of nitrogens with zero attached hydrogens (tertiary/aromatic N) is 1. The summed E-state index contributed by atoms with van der Waals surface area (Å²) in [5.74, 6) is -1.63. The quantitative estimate of drug-likeness (QED) is 0.663. The number of hydrogen-bond acceptors (Lipinski definition) is 3. The second-order valence-electron chi connectivity index (χ2n) is 4.96. The fourth-order valence-corrected chi connectivity index (χ4v) is 1.89. The van der Waals surface area contributed by atoms with Crippen LogP contribution in [0.5, 0.6) is 0 Å². The van der Waals surface area contributed by atoms with Gasteiger partial charge in [-0.25, -0.2) is 4.79 Å². The molecule has 0 aromatic heterocycles. The lowest BCUT2D eigenvalue weighted by Gasteiger charge is -2.22. The topological polar surface area (TPSA) is 98.7 Å². The lowest BCUT2D eigenvalue weighted by atomic mass is 9.96. The van der Waals surface area contributed by atoms with Gasteiger partial charge in [0, 0.05) is 32.6 Å². The zero-order valence-corrected chi connectivity index (χ0v) is 11.3. The molecule has 3 amide bonds. The highest BCUT2D eigenvalue weighted by atomic mass is 16.4. The number of carbonyl (C=O) groups is 3. The molecule has 1 fully saturated rings. The number of carboxylic acids is 1. The third-order valence-corrected chi connectivity index (χ3v) is 3.20. The normalized spacial score (nSPS) is 17.6. The van der Waals surface area contributed by atoms with Crippen LogP contribution in [0, 0.1) is 11.8 Å². The van der Waals surface area contributed by atoms with E-state index in [1.54, 1.807) is 13.8 Å². The van der Waals surface area contributed by atoms with Gasteiger partial charge in [-0.15, -0.1) is 0 Å². The first-order chi connectivity index (χ1) is 8.91. The highest BCUT2D eigenvalue weighted by Crippen LogP contribution is 2.10. The van der Waals surface area contributed by atoms with Crippen LogP contribution in [0.4, 0.5) is 4.79 Å². The molecule has 0 aliphatic carbocycles. The number of aliphatic carboxylic acids is 1. The van der Waals surface area contributed by atoms with Crippen molar-refractivity contribution < 1.29 is 19.5 Å². The Kier molecular flexibility index (Phi) is 5.59. The third-order valence-electron chi connectivity index (χ3n) is 3.20. The van der Waals surface area contributed by atoms with Gasteiger partial charge in [-0.3, -0.25) is 9.59 Å². The Balaban J connectivity index is 2.45. The molecule has 108 valence electrons. The van der Waals surface area contributed by atoms with Gasteiger partial charge in [0.25, 0.3) is 0 Å². The molecule has 1 atom stereocenters. The van der Waals surface area contributed by atoms with Crippen molar-refractivity contribution in [1.29, 1.82) is 0 Å². The summed E-state index contributed by atoms with van der Waals surface area (Å²) in [6.45, 7) is 4.94. The summed E-state index contributed by atoms with van der Waals surface area (Å²) in [6, 6.07) is -0.316. The minimum atomic E-state index is -0.914. The van der Waals surface area contributed by atoms with E-state index in [0.717, 1.165) is 0 Å². The van der Waals surface area contributed by atoms with Crippen LogP contribution >= 0.6 is 0 Å². The number of carboxylic acid groups (broad SMARTS) is 1. The van der Waals surface area contributed by atoms with Crippen molar-refractivity contribution in [2.75, 3.05) is 26.2 Å². The molecule has 3 N–H and O–H groups in total. The molecule has 1 rings (SSSR count). The molecular weight excluding hydrogens is 250 g/mol. The lowest BCUT2D eigenvalue weighted by Crippen LogP contribution is -2.45. The smallest absolute Gasteiger partial charge is 0.317 e. The second-order valence-corrected chi connectivity index (χ2v) is 4.96. The van der Waals surface area contributed by atoms with Gasteiger partial charge in [0.1, 0.15) is 0 Å². The summed E-state index contributed by atoms with van der Waals surface area (Å²) in [4.78, 5) is 35.6. The lowest BCUT2D eigenvalue weighted by molar-refractivity contribution is -0.143. The van der Waals surface area contributed by atoms with Crippen LogP contribution in [0.25, 0.3) is 0 Å². The van der Waals surface area contributed by atoms with E-state index < -0.39 is 11.9 Å². The predicted octanol–water partition coefficient (Wildman–Crippen LogP) is -0.125. The molecule has 0 aromatic carbocycles. The van der Waals surface area contributed by atoms with E-state index in [0.29, 0.717) is 19.6 Å². The van der Waals surface area contributed by atoms with E-state index in [-0.39, 0.29) is 30.8 Å². The fourth-order valence-electron chi connectivity index (χ4n) is 1.89. The molecule has 7 heteroatoms. The summed E-state index contributed by atoms with van der Waals surface area (Å²) in [6.07, 6.45) is 0.278. The largest absolute Gasteiger partial charge is 0.481 e. The molecular formula is C12H21N3O4. The molecule has 19 heavy (non-hydrogen) atoms. The van der Waals surface area contributed by atoms with Crippen LogP contribution < -0.4 is 10.6 Å². The molecule has 1 aliphatic heterocycles. The molecule has 1 heterocycles. The summed E-state index contributed by atoms with van der Waals surface area (Å²) in [5.41, 5.74) is 0. The highest BCUT2D eigenvalue weighted by Gasteiger charge is 2.24. The Labute approximate surface area is 112 Å². The zero-order chi connectivity index (χ0) is 14.4. The van der Waals surface area contributed by atoms with Crippen molar-refractivity contribution >= 4 is 17.9 Å². The van der Waals surface area contributed by atoms with Crippen LogP contribution in [0.2, 0.25) is 0 Å². The van der Waals surface area contributed by atoms with Gasteiger partial charge < -0.3 is 20.6 Å². The Morgan fingerprint density at radius 2 is 2.11 bits per heavy atom. The first-order valence-corrected chi connectivity index (χ1v) is 6.44. The molecule has 0 spiro atoms. The number of nitrogens with one attached hydrogen (secondary N) is 2. The monoisotopic (exact) mass is 271 g/mol. The molecule has 0 aromatic rings. The third kappa shape index (κ3) is 4.76. The average molecular weight is 271 g/mol. The van der Waals surface area contributed by atoms with E-state index in [1.165, 1.54) is 4.90 Å². The molecule has 0 bridgehead atoms. The standard InChI is InChI=1S/C12H21N3O4/c1-8(2)9(11(17)18)7-14-12(19)15-5-3-10(16)13-4-6-15/h8-9H,3-7H2,1-2H3,(H,13,16)(H,14,19)(H,17,18). The minimum absolute atomic E-state index is 0.0508. The number of amides is 3. The zero-order valence-electron chi connectivity index (χ0n) is 11.3. The van der Waals surface area contributed by atoms with Crippen LogP contribution in [-0.4, -0.2) is 54.1 Å². The summed E-state index contributed by atoms with van der Waals surface area (Å²) < 4.78 is 0. The SMILES string of the molecule is CC(C)C(CNC(=O)N1CCNC(=O)CC1)C(=O)O. The van der Waals surface area contributed by atoms with E-state index in [9.17, 15) is 14.4 Å². The van der Waals surface area contributed by atoms with Crippen molar-refractivity contribution in [3.05, 3.63) is 0 Å². The van der Waals surface area contributed by atoms with E-state index in [1.807, 2.05) is 0 Å². The highest BCUT2D eigenvalue weighted by molar-refractivity contribution is 5.79. The van der Waals surface area contributed by atoms with Crippen LogP contribution in [0.3, 0.4) is 0 Å². The van der Waals surface area contributed by atoms with Crippen LogP contribution in [0.15, 0.2) is 0 Å². The maximum absolute atomic E-state index is 11.9. The van der Waals surface area contributed by atoms with Crippen molar-refractivity contribution in [3.8, 4) is 0 Å². The molecule has 7 nitrogen and oxygen atoms in total. The summed E-state index contributed by atoms with van der Waals surface area (Å²) in [7, 11) is 0. The minimum Gasteiger partial charge on any atom is -0.481 e. The fraction of sp³-hybridized carbons (Fsp3) is 0.750. The number of hydrogen-bond donors (Lipinski definition) is 3. The van der Waals surface area contributed by atoms with E-state index >= 15 is 0 Å². The first-order valence-electron chi connectivity index (χ1n) is 6.44. The van der Waals surface area contributed by atoms with Gasteiger partial charge in [0.2, 0.25) is 5.91 Å². The van der Waals surface area contributed by atoms with E-state index in [2.05, 4.69) is 10.6 Å². The maximum Gasteiger partial charge on any atom is 0.317 e. The number of rotatable bonds is 4. The Morgan fingerprint density at radius 3 is 2.68 bits per heavy atom. The van der Waals surface area contributed by atoms with Gasteiger partial charge in [-0.1, -0.05) is 13.8 Å². The average Bonchev–Trinajstić information content (AvgIpc) is 2.53. The van der Waals surface area contributed by atoms with Gasteiger partial charge in [-0.2, -0.15) is 0 Å². The Bertz CT molecular complexity index is 357. The number of urea groups is 1.